The van der Waals surface area contributed by atoms with E-state index < -0.39 is 0 Å². The fourth-order valence-corrected chi connectivity index (χ4v) is 3.98. The van der Waals surface area contributed by atoms with Crippen molar-refractivity contribution in [3.8, 4) is 0 Å². The first-order chi connectivity index (χ1) is 13.0. The standard InChI is InChI=1S/C10H20.C7H15OP.2C3H8.CH4O/c1-3-5-10-7-4-6-9(2)8-10;1-6-3-2-4-7(5-6)8-9;2*1-3-2;1-2/h9-10H,3-8H2,1-2H3;6-7H,2-5,9H2,1H3;2*3H2,1-2H3;2H,1H3/t9?,10-;;;;/m0..../s1. The second-order valence-electron chi connectivity index (χ2n) is 8.37. The van der Waals surface area contributed by atoms with Gasteiger partial charge in [-0.15, -0.1) is 0 Å². The zero-order valence-electron chi connectivity index (χ0n) is 20.2. The Bertz CT molecular complexity index is 245. The van der Waals surface area contributed by atoms with Crippen LogP contribution in [0.5, 0.6) is 0 Å². The summed E-state index contributed by atoms with van der Waals surface area (Å²) in [6.07, 6.45) is 17.1. The summed E-state index contributed by atoms with van der Waals surface area (Å²) >= 11 is 0. The van der Waals surface area contributed by atoms with Crippen LogP contribution in [0.3, 0.4) is 0 Å². The Hall–Kier alpha value is 0.350. The Balaban J connectivity index is -0.000000311. The minimum Gasteiger partial charge on any atom is -0.400 e. The molecular formula is C24H55O2P. The fraction of sp³-hybridized carbons (Fsp3) is 1.00. The van der Waals surface area contributed by atoms with Crippen molar-refractivity contribution in [3.05, 3.63) is 0 Å². The van der Waals surface area contributed by atoms with Crippen LogP contribution in [0.15, 0.2) is 0 Å². The summed E-state index contributed by atoms with van der Waals surface area (Å²) in [5, 5.41) is 7.00. The number of aliphatic hydroxyl groups excluding tert-OH is 1. The van der Waals surface area contributed by atoms with E-state index in [2.05, 4.69) is 57.9 Å². The molecule has 2 fully saturated rings. The molecule has 5 atom stereocenters. The topological polar surface area (TPSA) is 29.5 Å². The van der Waals surface area contributed by atoms with Gasteiger partial charge in [-0.1, -0.05) is 106 Å². The van der Waals surface area contributed by atoms with Gasteiger partial charge in [0, 0.05) is 16.6 Å². The van der Waals surface area contributed by atoms with Crippen molar-refractivity contribution in [1.82, 2.24) is 0 Å². The molecule has 168 valence electrons. The molecule has 2 aliphatic rings. The average Bonchev–Trinajstić information content (AvgIpc) is 2.65. The van der Waals surface area contributed by atoms with E-state index in [1.807, 2.05) is 0 Å². The Morgan fingerprint density at radius 3 is 1.56 bits per heavy atom. The Morgan fingerprint density at radius 2 is 1.22 bits per heavy atom. The van der Waals surface area contributed by atoms with Gasteiger partial charge < -0.3 is 9.63 Å². The minimum atomic E-state index is 0.527. The molecule has 0 saturated heterocycles. The minimum absolute atomic E-state index is 0.527. The number of hydrogen-bond donors (Lipinski definition) is 1. The summed E-state index contributed by atoms with van der Waals surface area (Å²) in [5.74, 6) is 2.98. The average molecular weight is 407 g/mol. The van der Waals surface area contributed by atoms with Gasteiger partial charge in [-0.3, -0.25) is 0 Å². The third kappa shape index (κ3) is 24.3. The second-order valence-corrected chi connectivity index (χ2v) is 8.64. The lowest BCUT2D eigenvalue weighted by atomic mass is 9.80. The molecule has 3 heteroatoms. The summed E-state index contributed by atoms with van der Waals surface area (Å²) in [5.41, 5.74) is 0. The maximum absolute atomic E-state index is 7.00. The van der Waals surface area contributed by atoms with Gasteiger partial charge in [0.2, 0.25) is 0 Å². The largest absolute Gasteiger partial charge is 0.400 e. The molecule has 2 nitrogen and oxygen atoms in total. The molecular weight excluding hydrogens is 351 g/mol. The molecule has 0 radical (unpaired) electrons. The van der Waals surface area contributed by atoms with Crippen LogP contribution in [0.1, 0.15) is 126 Å². The van der Waals surface area contributed by atoms with Crippen molar-refractivity contribution in [2.24, 2.45) is 17.8 Å². The van der Waals surface area contributed by atoms with Gasteiger partial charge in [-0.05, 0) is 37.0 Å². The predicted octanol–water partition coefficient (Wildman–Crippen LogP) is 8.43. The summed E-state index contributed by atoms with van der Waals surface area (Å²) < 4.78 is 5.18. The van der Waals surface area contributed by atoms with Crippen LogP contribution in [-0.2, 0) is 4.52 Å². The monoisotopic (exact) mass is 406 g/mol. The molecule has 0 heterocycles. The van der Waals surface area contributed by atoms with E-state index in [1.165, 1.54) is 77.0 Å². The Labute approximate surface area is 175 Å². The van der Waals surface area contributed by atoms with Gasteiger partial charge in [0.1, 0.15) is 0 Å². The van der Waals surface area contributed by atoms with E-state index >= 15 is 0 Å². The highest BCUT2D eigenvalue weighted by Crippen LogP contribution is 2.31. The molecule has 0 bridgehead atoms. The van der Waals surface area contributed by atoms with Gasteiger partial charge in [-0.25, -0.2) is 0 Å². The maximum atomic E-state index is 7.00. The van der Waals surface area contributed by atoms with Crippen molar-refractivity contribution < 1.29 is 9.63 Å². The van der Waals surface area contributed by atoms with Gasteiger partial charge in [0.15, 0.2) is 0 Å². The highest BCUT2D eigenvalue weighted by molar-refractivity contribution is 7.09. The zero-order valence-corrected chi connectivity index (χ0v) is 21.4. The summed E-state index contributed by atoms with van der Waals surface area (Å²) in [7, 11) is 3.36. The molecule has 0 spiro atoms. The van der Waals surface area contributed by atoms with Crippen molar-refractivity contribution >= 4 is 9.47 Å². The quantitative estimate of drug-likeness (QED) is 0.476. The Morgan fingerprint density at radius 1 is 0.778 bits per heavy atom. The maximum Gasteiger partial charge on any atom is 0.0613 e. The van der Waals surface area contributed by atoms with Crippen LogP contribution in [-0.4, -0.2) is 18.3 Å². The van der Waals surface area contributed by atoms with E-state index in [0.29, 0.717) is 6.10 Å². The fourth-order valence-electron chi connectivity index (χ4n) is 3.73. The van der Waals surface area contributed by atoms with E-state index in [4.69, 9.17) is 9.63 Å². The Kier molecular flexibility index (Phi) is 31.3. The molecule has 0 aromatic carbocycles. The number of rotatable bonds is 3. The van der Waals surface area contributed by atoms with Crippen LogP contribution < -0.4 is 0 Å². The lowest BCUT2D eigenvalue weighted by Crippen LogP contribution is -2.17. The molecule has 0 aromatic heterocycles. The first-order valence-electron chi connectivity index (χ1n) is 11.8. The van der Waals surface area contributed by atoms with Crippen LogP contribution in [0.2, 0.25) is 0 Å². The molecule has 0 aliphatic heterocycles. The first kappa shape index (κ1) is 32.0. The third-order valence-electron chi connectivity index (χ3n) is 4.82. The number of hydrogen-bond acceptors (Lipinski definition) is 2. The predicted molar refractivity (Wildman–Crippen MR) is 128 cm³/mol. The lowest BCUT2D eigenvalue weighted by Gasteiger charge is -2.26. The van der Waals surface area contributed by atoms with E-state index in [0.717, 1.165) is 24.9 Å². The second kappa shape index (κ2) is 26.4. The molecule has 27 heavy (non-hydrogen) atoms. The normalized spacial score (nSPS) is 26.4. The molecule has 2 saturated carbocycles. The highest BCUT2D eigenvalue weighted by atomic mass is 31.0. The summed E-state index contributed by atoms with van der Waals surface area (Å²) in [6, 6.07) is 0. The van der Waals surface area contributed by atoms with E-state index in [1.54, 1.807) is 0 Å². The van der Waals surface area contributed by atoms with Crippen molar-refractivity contribution in [3.63, 3.8) is 0 Å². The van der Waals surface area contributed by atoms with Gasteiger partial charge in [0.05, 0.1) is 6.10 Å². The number of aliphatic hydroxyl groups is 1. The van der Waals surface area contributed by atoms with Crippen LogP contribution in [0.25, 0.3) is 0 Å². The molecule has 0 aromatic rings. The smallest absolute Gasteiger partial charge is 0.0613 e. The van der Waals surface area contributed by atoms with Crippen LogP contribution in [0, 0.1) is 17.8 Å². The highest BCUT2D eigenvalue weighted by Gasteiger charge is 2.18. The van der Waals surface area contributed by atoms with Crippen molar-refractivity contribution in [1.29, 1.82) is 0 Å². The van der Waals surface area contributed by atoms with Crippen molar-refractivity contribution in [2.45, 2.75) is 132 Å². The zero-order chi connectivity index (χ0) is 21.5. The SMILES string of the molecule is CC1CCCC(OP)C1.CCC.CCC.CCC[C@H]1CCCC(C)C1.CO. The lowest BCUT2D eigenvalue weighted by molar-refractivity contribution is 0.153. The van der Waals surface area contributed by atoms with Crippen LogP contribution in [0.4, 0.5) is 0 Å². The van der Waals surface area contributed by atoms with E-state index in [-0.39, 0.29) is 0 Å². The van der Waals surface area contributed by atoms with Gasteiger partial charge >= 0.3 is 0 Å². The van der Waals surface area contributed by atoms with E-state index in [9.17, 15) is 0 Å². The first-order valence-corrected chi connectivity index (χ1v) is 12.3. The molecule has 2 aliphatic carbocycles. The summed E-state index contributed by atoms with van der Waals surface area (Å²) in [6.45, 7) is 15.5. The van der Waals surface area contributed by atoms with Crippen molar-refractivity contribution in [2.75, 3.05) is 7.11 Å². The van der Waals surface area contributed by atoms with Gasteiger partial charge in [0.25, 0.3) is 0 Å². The van der Waals surface area contributed by atoms with Gasteiger partial charge in [-0.2, -0.15) is 0 Å². The van der Waals surface area contributed by atoms with Crippen LogP contribution >= 0.6 is 9.47 Å². The molecule has 2 rings (SSSR count). The third-order valence-corrected chi connectivity index (χ3v) is 5.21. The summed E-state index contributed by atoms with van der Waals surface area (Å²) in [4.78, 5) is 0. The molecule has 1 N–H and O–H groups in total. The molecule has 4 unspecified atom stereocenters. The molecule has 0 amide bonds.